The fourth-order valence-corrected chi connectivity index (χ4v) is 1.91. The molecule has 0 heterocycles. The van der Waals surface area contributed by atoms with Gasteiger partial charge < -0.3 is 14.9 Å². The van der Waals surface area contributed by atoms with Crippen LogP contribution in [0.3, 0.4) is 0 Å². The summed E-state index contributed by atoms with van der Waals surface area (Å²) in [6.45, 7) is 2.14. The lowest BCUT2D eigenvalue weighted by molar-refractivity contribution is -0.217. The number of nitrogens with zero attached hydrogens (tertiary/aromatic N) is 1. The van der Waals surface area contributed by atoms with Crippen LogP contribution in [0, 0.1) is 0 Å². The van der Waals surface area contributed by atoms with Gasteiger partial charge in [-0.3, -0.25) is 4.99 Å². The minimum atomic E-state index is -0.247. The topological polar surface area (TPSA) is 67.5 Å². The van der Waals surface area contributed by atoms with Crippen molar-refractivity contribution < 1.29 is 14.9 Å². The van der Waals surface area contributed by atoms with Crippen LogP contribution < -0.4 is 9.84 Å². The summed E-state index contributed by atoms with van der Waals surface area (Å²) in [7, 11) is 0.276. The zero-order chi connectivity index (χ0) is 14.3. The van der Waals surface area contributed by atoms with Gasteiger partial charge in [-0.25, -0.2) is 0 Å². The van der Waals surface area contributed by atoms with Crippen molar-refractivity contribution in [3.05, 3.63) is 24.3 Å². The molecule has 0 aliphatic rings. The molecule has 0 spiro atoms. The number of hydrogen-bond acceptors (Lipinski definition) is 3. The van der Waals surface area contributed by atoms with Gasteiger partial charge in [0.15, 0.2) is 12.7 Å². The molecule has 0 fully saturated rings. The van der Waals surface area contributed by atoms with Crippen molar-refractivity contribution in [2.24, 2.45) is 4.99 Å². The molecule has 1 aromatic carbocycles. The molecule has 1 rings (SSSR count). The number of ether oxygens (including phenoxy) is 1. The van der Waals surface area contributed by atoms with Gasteiger partial charge in [-0.15, -0.1) is 0 Å². The van der Waals surface area contributed by atoms with Crippen molar-refractivity contribution >= 4 is 22.5 Å². The predicted molar refractivity (Wildman–Crippen MR) is 80.8 cm³/mol. The highest BCUT2D eigenvalue weighted by molar-refractivity contribution is 7.95. The van der Waals surface area contributed by atoms with Gasteiger partial charge in [-0.05, 0) is 41.1 Å². The maximum atomic E-state index is 11.6. The van der Waals surface area contributed by atoms with E-state index in [0.29, 0.717) is 24.5 Å². The zero-order valence-corrected chi connectivity index (χ0v) is 12.5. The normalized spacial score (nSPS) is 13.6. The third kappa shape index (κ3) is 7.08. The molecule has 1 aromatic rings. The Kier molecular flexibility index (Phi) is 6.73. The van der Waals surface area contributed by atoms with Gasteiger partial charge in [0, 0.05) is 13.3 Å². The molecule has 0 aliphatic heterocycles. The molecule has 0 amide bonds. The van der Waals surface area contributed by atoms with E-state index in [1.165, 1.54) is 0 Å². The van der Waals surface area contributed by atoms with Crippen molar-refractivity contribution in [1.29, 1.82) is 0 Å². The summed E-state index contributed by atoms with van der Waals surface area (Å²) in [5.74, 6) is 1.52. The number of aliphatic imine (C=N–C) groups is 1. The van der Waals surface area contributed by atoms with Gasteiger partial charge in [0.1, 0.15) is 11.5 Å². The average molecular weight is 284 g/mol. The SMILES string of the molecule is CC([OH2+])COc1ccc(N=C([O-])CC[S+](C)C)cc1. The summed E-state index contributed by atoms with van der Waals surface area (Å²) in [5, 5.41) is 19.0. The second-order valence-corrected chi connectivity index (χ2v) is 7.03. The van der Waals surface area contributed by atoms with Gasteiger partial charge in [0.25, 0.3) is 0 Å². The van der Waals surface area contributed by atoms with Crippen LogP contribution in [0.5, 0.6) is 5.75 Å². The summed E-state index contributed by atoms with van der Waals surface area (Å²) in [6.07, 6.45) is 4.49. The van der Waals surface area contributed by atoms with Crippen LogP contribution in [0.1, 0.15) is 13.3 Å². The lowest BCUT2D eigenvalue weighted by Gasteiger charge is -2.09. The van der Waals surface area contributed by atoms with Gasteiger partial charge in [0.05, 0.1) is 18.2 Å². The first-order valence-corrected chi connectivity index (χ1v) is 8.41. The van der Waals surface area contributed by atoms with E-state index >= 15 is 0 Å². The molecule has 19 heavy (non-hydrogen) atoms. The second kappa shape index (κ2) is 8.07. The maximum Gasteiger partial charge on any atom is 0.185 e. The second-order valence-electron chi connectivity index (χ2n) is 4.65. The molecule has 0 aliphatic carbocycles. The fourth-order valence-electron chi connectivity index (χ4n) is 1.33. The Morgan fingerprint density at radius 3 is 2.53 bits per heavy atom. The van der Waals surface area contributed by atoms with Gasteiger partial charge in [-0.1, -0.05) is 0 Å². The van der Waals surface area contributed by atoms with E-state index in [2.05, 4.69) is 17.5 Å². The lowest BCUT2D eigenvalue weighted by Crippen LogP contribution is -2.20. The smallest absolute Gasteiger partial charge is 0.185 e. The van der Waals surface area contributed by atoms with Gasteiger partial charge in [0.2, 0.25) is 0 Å². The molecule has 1 atom stereocenters. The van der Waals surface area contributed by atoms with Crippen LogP contribution in [-0.4, -0.2) is 42.0 Å². The van der Waals surface area contributed by atoms with Crippen LogP contribution in [-0.2, 0) is 10.9 Å². The Bertz CT molecular complexity index is 402. The molecule has 0 saturated carbocycles. The number of rotatable bonds is 7. The van der Waals surface area contributed by atoms with E-state index < -0.39 is 0 Å². The Morgan fingerprint density at radius 1 is 1.37 bits per heavy atom. The summed E-state index contributed by atoms with van der Waals surface area (Å²) in [6, 6.07) is 7.08. The lowest BCUT2D eigenvalue weighted by atomic mass is 10.3. The number of hydrogen-bond donors (Lipinski definition) is 0. The third-order valence-corrected chi connectivity index (χ3v) is 3.34. The summed E-state index contributed by atoms with van der Waals surface area (Å²) in [5.41, 5.74) is 0.656. The largest absolute Gasteiger partial charge is 0.862 e. The molecule has 106 valence electrons. The van der Waals surface area contributed by atoms with Crippen molar-refractivity contribution in [2.45, 2.75) is 19.4 Å². The van der Waals surface area contributed by atoms with Crippen LogP contribution >= 0.6 is 0 Å². The standard InChI is InChI=1S/C14H21NO3S/c1-11(16)10-18-13-6-4-12(5-7-13)15-14(17)8-9-19(2)3/h4-7,11,16H,8-10H2,1-3H3/p+1. The summed E-state index contributed by atoms with van der Waals surface area (Å²) in [4.78, 5) is 4.04. The monoisotopic (exact) mass is 284 g/mol. The molecule has 0 bridgehead atoms. The van der Waals surface area contributed by atoms with Crippen molar-refractivity contribution in [3.63, 3.8) is 0 Å². The van der Waals surface area contributed by atoms with E-state index in [4.69, 9.17) is 9.84 Å². The van der Waals surface area contributed by atoms with Gasteiger partial charge >= 0.3 is 0 Å². The van der Waals surface area contributed by atoms with Crippen LogP contribution in [0.15, 0.2) is 29.3 Å². The molecule has 1 unspecified atom stereocenters. The molecule has 2 N–H and O–H groups in total. The fraction of sp³-hybridized carbons (Fsp3) is 0.500. The Morgan fingerprint density at radius 2 is 2.00 bits per heavy atom. The quantitative estimate of drug-likeness (QED) is 0.423. The Hall–Kier alpha value is -1.20. The molecule has 4 nitrogen and oxygen atoms in total. The highest BCUT2D eigenvalue weighted by Gasteiger charge is 2.02. The first kappa shape index (κ1) is 15.9. The van der Waals surface area contributed by atoms with Crippen molar-refractivity contribution in [3.8, 4) is 5.75 Å². The van der Waals surface area contributed by atoms with Crippen molar-refractivity contribution in [2.75, 3.05) is 24.9 Å². The van der Waals surface area contributed by atoms with E-state index in [0.717, 1.165) is 5.75 Å². The highest BCUT2D eigenvalue weighted by atomic mass is 32.2. The van der Waals surface area contributed by atoms with E-state index in [9.17, 15) is 5.11 Å². The molecule has 0 radical (unpaired) electrons. The maximum absolute atomic E-state index is 11.6. The Labute approximate surface area is 117 Å². The van der Waals surface area contributed by atoms with Crippen LogP contribution in [0.2, 0.25) is 0 Å². The zero-order valence-electron chi connectivity index (χ0n) is 11.7. The molecule has 0 aromatic heterocycles. The first-order chi connectivity index (χ1) is 8.97. The summed E-state index contributed by atoms with van der Waals surface area (Å²) >= 11 is 0. The van der Waals surface area contributed by atoms with E-state index in [1.807, 2.05) is 0 Å². The van der Waals surface area contributed by atoms with E-state index in [1.54, 1.807) is 31.2 Å². The molecular formula is C14H22NO3S+. The molecule has 5 heteroatoms. The molecule has 0 saturated heterocycles. The van der Waals surface area contributed by atoms with Crippen LogP contribution in [0.4, 0.5) is 5.69 Å². The predicted octanol–water partition coefficient (Wildman–Crippen LogP) is 0.837. The van der Waals surface area contributed by atoms with E-state index in [-0.39, 0.29) is 22.9 Å². The molecular weight excluding hydrogens is 262 g/mol. The van der Waals surface area contributed by atoms with Crippen molar-refractivity contribution in [1.82, 2.24) is 0 Å². The number of benzene rings is 1. The minimum Gasteiger partial charge on any atom is -0.862 e. The van der Waals surface area contributed by atoms with Gasteiger partial charge in [-0.2, -0.15) is 0 Å². The third-order valence-electron chi connectivity index (χ3n) is 2.31. The summed E-state index contributed by atoms with van der Waals surface area (Å²) < 4.78 is 5.39. The Balaban J connectivity index is 2.53. The highest BCUT2D eigenvalue weighted by Crippen LogP contribution is 2.18. The average Bonchev–Trinajstić information content (AvgIpc) is 2.35. The minimum absolute atomic E-state index is 0.0744. The van der Waals surface area contributed by atoms with Crippen LogP contribution in [0.25, 0.3) is 0 Å². The first-order valence-electron chi connectivity index (χ1n) is 6.20.